The van der Waals surface area contributed by atoms with Crippen molar-refractivity contribution < 1.29 is 19.2 Å². The molecule has 0 saturated heterocycles. The number of ether oxygens (including phenoxy) is 2. The van der Waals surface area contributed by atoms with Crippen molar-refractivity contribution in [1.29, 1.82) is 0 Å². The van der Waals surface area contributed by atoms with Crippen LogP contribution >= 0.6 is 0 Å². The van der Waals surface area contributed by atoms with E-state index in [0.29, 0.717) is 17.2 Å². The van der Waals surface area contributed by atoms with E-state index < -0.39 is 4.92 Å². The van der Waals surface area contributed by atoms with E-state index in [9.17, 15) is 10.1 Å². The van der Waals surface area contributed by atoms with Gasteiger partial charge in [-0.15, -0.1) is 0 Å². The predicted octanol–water partition coefficient (Wildman–Crippen LogP) is 6.62. The zero-order chi connectivity index (χ0) is 26.9. The fourth-order valence-electron chi connectivity index (χ4n) is 4.77. The maximum absolute atomic E-state index is 11.3. The van der Waals surface area contributed by atoms with Crippen LogP contribution in [-0.4, -0.2) is 36.7 Å². The van der Waals surface area contributed by atoms with E-state index >= 15 is 0 Å². The summed E-state index contributed by atoms with van der Waals surface area (Å²) in [5.41, 5.74) is 6.61. The highest BCUT2D eigenvalue weighted by Crippen LogP contribution is 2.43. The zero-order valence-corrected chi connectivity index (χ0v) is 22.3. The van der Waals surface area contributed by atoms with E-state index in [0.717, 1.165) is 39.1 Å². The molecule has 1 aliphatic heterocycles. The summed E-state index contributed by atoms with van der Waals surface area (Å²) < 4.78 is 12.0. The molecule has 37 heavy (non-hydrogen) atoms. The van der Waals surface area contributed by atoms with Crippen LogP contribution in [0.3, 0.4) is 0 Å². The smallest absolute Gasteiger partial charge is 0.273 e. The van der Waals surface area contributed by atoms with E-state index in [-0.39, 0.29) is 17.8 Å². The van der Waals surface area contributed by atoms with Gasteiger partial charge >= 0.3 is 0 Å². The van der Waals surface area contributed by atoms with Crippen LogP contribution in [0.5, 0.6) is 17.2 Å². The van der Waals surface area contributed by atoms with Crippen LogP contribution in [0.25, 0.3) is 16.7 Å². The lowest BCUT2D eigenvalue weighted by molar-refractivity contribution is -0.385. The van der Waals surface area contributed by atoms with E-state index in [1.54, 1.807) is 18.2 Å². The molecule has 0 radical (unpaired) electrons. The Kier molecular flexibility index (Phi) is 7.14. The number of rotatable bonds is 8. The third-order valence-electron chi connectivity index (χ3n) is 6.25. The molecule has 0 bridgehead atoms. The molecule has 194 valence electrons. The Bertz CT molecular complexity index is 1380. The summed E-state index contributed by atoms with van der Waals surface area (Å²) in [6.45, 7) is 8.44. The SMILES string of the molecule is COc1cc(ON(C)C)ccc1-c1ccc2c(c1COc1cc([N+](=O)[O-])ccc1C)C(C)=CC(C)(C)N2. The van der Waals surface area contributed by atoms with Crippen molar-refractivity contribution in [1.82, 2.24) is 5.06 Å². The number of allylic oxidation sites excluding steroid dienone is 1. The highest BCUT2D eigenvalue weighted by molar-refractivity contribution is 5.88. The normalized spacial score (nSPS) is 13.9. The minimum Gasteiger partial charge on any atom is -0.496 e. The summed E-state index contributed by atoms with van der Waals surface area (Å²) in [5.74, 6) is 1.80. The molecule has 0 unspecified atom stereocenters. The van der Waals surface area contributed by atoms with E-state index in [2.05, 4.69) is 44.3 Å². The Hall–Kier alpha value is -4.04. The lowest BCUT2D eigenvalue weighted by Gasteiger charge is -2.33. The van der Waals surface area contributed by atoms with Gasteiger partial charge in [-0.25, -0.2) is 0 Å². The van der Waals surface area contributed by atoms with Gasteiger partial charge in [0.15, 0.2) is 5.75 Å². The molecule has 0 saturated carbocycles. The van der Waals surface area contributed by atoms with Gasteiger partial charge in [0.25, 0.3) is 5.69 Å². The molecule has 0 amide bonds. The first-order valence-corrected chi connectivity index (χ1v) is 12.0. The lowest BCUT2D eigenvalue weighted by atomic mass is 9.85. The lowest BCUT2D eigenvalue weighted by Crippen LogP contribution is -2.32. The third-order valence-corrected chi connectivity index (χ3v) is 6.25. The summed E-state index contributed by atoms with van der Waals surface area (Å²) in [5, 5.41) is 16.6. The minimum atomic E-state index is -0.413. The number of aryl methyl sites for hydroxylation is 1. The largest absolute Gasteiger partial charge is 0.496 e. The fourth-order valence-corrected chi connectivity index (χ4v) is 4.77. The molecule has 0 aromatic heterocycles. The van der Waals surface area contributed by atoms with Gasteiger partial charge in [0.05, 0.1) is 23.6 Å². The topological polar surface area (TPSA) is 86.1 Å². The first kappa shape index (κ1) is 26.0. The summed E-state index contributed by atoms with van der Waals surface area (Å²) in [7, 11) is 5.27. The van der Waals surface area contributed by atoms with Crippen molar-refractivity contribution in [2.75, 3.05) is 26.5 Å². The number of hydrogen-bond donors (Lipinski definition) is 1. The zero-order valence-electron chi connectivity index (χ0n) is 22.3. The molecule has 8 heteroatoms. The van der Waals surface area contributed by atoms with Crippen LogP contribution in [-0.2, 0) is 6.61 Å². The molecule has 0 atom stereocenters. The molecule has 3 aromatic carbocycles. The standard InChI is InChI=1S/C29H33N3O5/c1-18-8-9-20(32(33)34)14-26(18)36-17-24-22(12-13-25-28(24)19(2)16-29(3,4)30-25)23-11-10-21(37-31(5)6)15-27(23)35-7/h8-16,30H,17H2,1-7H3. The predicted molar refractivity (Wildman–Crippen MR) is 146 cm³/mol. The molecular weight excluding hydrogens is 470 g/mol. The van der Waals surface area contributed by atoms with Crippen molar-refractivity contribution in [2.45, 2.75) is 39.8 Å². The maximum atomic E-state index is 11.3. The van der Waals surface area contributed by atoms with Crippen molar-refractivity contribution in [3.05, 3.63) is 81.4 Å². The molecule has 1 N–H and O–H groups in total. The highest BCUT2D eigenvalue weighted by Gasteiger charge is 2.27. The van der Waals surface area contributed by atoms with Gasteiger partial charge in [-0.1, -0.05) is 12.1 Å². The number of non-ortho nitro benzene ring substituents is 1. The molecule has 3 aromatic rings. The fraction of sp³-hybridized carbons (Fsp3) is 0.310. The van der Waals surface area contributed by atoms with Gasteiger partial charge in [0, 0.05) is 48.6 Å². The van der Waals surface area contributed by atoms with Crippen molar-refractivity contribution in [2.24, 2.45) is 0 Å². The highest BCUT2D eigenvalue weighted by atomic mass is 16.7. The van der Waals surface area contributed by atoms with Gasteiger partial charge in [-0.2, -0.15) is 5.06 Å². The molecule has 0 fully saturated rings. The molecule has 0 spiro atoms. The van der Waals surface area contributed by atoms with Gasteiger partial charge in [-0.05, 0) is 68.7 Å². The van der Waals surface area contributed by atoms with Crippen LogP contribution in [0.15, 0.2) is 54.6 Å². The van der Waals surface area contributed by atoms with Gasteiger partial charge in [0.1, 0.15) is 18.1 Å². The molecule has 1 heterocycles. The van der Waals surface area contributed by atoms with E-state index in [1.807, 2.05) is 39.2 Å². The third kappa shape index (κ3) is 5.54. The van der Waals surface area contributed by atoms with E-state index in [1.165, 1.54) is 12.1 Å². The quantitative estimate of drug-likeness (QED) is 0.273. The number of hydroxylamine groups is 2. The maximum Gasteiger partial charge on any atom is 0.273 e. The second kappa shape index (κ2) is 10.1. The Labute approximate surface area is 217 Å². The molecule has 0 aliphatic carbocycles. The Morgan fingerprint density at radius 3 is 2.41 bits per heavy atom. The number of nitrogens with one attached hydrogen (secondary N) is 1. The average Bonchev–Trinajstić information content (AvgIpc) is 2.82. The Balaban J connectivity index is 1.85. The molecule has 4 rings (SSSR count). The van der Waals surface area contributed by atoms with Gasteiger partial charge in [0.2, 0.25) is 0 Å². The van der Waals surface area contributed by atoms with Crippen molar-refractivity contribution >= 4 is 16.9 Å². The number of anilines is 1. The van der Waals surface area contributed by atoms with Gasteiger partial charge in [-0.3, -0.25) is 10.1 Å². The Morgan fingerprint density at radius 1 is 1.00 bits per heavy atom. The number of nitro groups is 1. The first-order valence-electron chi connectivity index (χ1n) is 12.0. The van der Waals surface area contributed by atoms with Crippen molar-refractivity contribution in [3.63, 3.8) is 0 Å². The summed E-state index contributed by atoms with van der Waals surface area (Å²) >= 11 is 0. The summed E-state index contributed by atoms with van der Waals surface area (Å²) in [4.78, 5) is 16.6. The van der Waals surface area contributed by atoms with Crippen LogP contribution < -0.4 is 19.6 Å². The number of benzene rings is 3. The number of methoxy groups -OCH3 is 1. The Morgan fingerprint density at radius 2 is 1.73 bits per heavy atom. The summed E-state index contributed by atoms with van der Waals surface area (Å²) in [6, 6.07) is 14.5. The van der Waals surface area contributed by atoms with Crippen LogP contribution in [0, 0.1) is 17.0 Å². The van der Waals surface area contributed by atoms with Gasteiger partial charge < -0.3 is 19.6 Å². The first-order chi connectivity index (χ1) is 17.5. The van der Waals surface area contributed by atoms with Crippen molar-refractivity contribution in [3.8, 4) is 28.4 Å². The van der Waals surface area contributed by atoms with Crippen LogP contribution in [0.2, 0.25) is 0 Å². The molecule has 1 aliphatic rings. The second-order valence-electron chi connectivity index (χ2n) is 9.95. The molecular formula is C29H33N3O5. The second-order valence-corrected chi connectivity index (χ2v) is 9.95. The minimum absolute atomic E-state index is 0.00597. The average molecular weight is 504 g/mol. The summed E-state index contributed by atoms with van der Waals surface area (Å²) in [6.07, 6.45) is 2.20. The number of nitrogens with zero attached hydrogens (tertiary/aromatic N) is 2. The number of nitro benzene ring substituents is 1. The number of fused-ring (bicyclic) bond motifs is 1. The molecule has 8 nitrogen and oxygen atoms in total. The monoisotopic (exact) mass is 503 g/mol. The van der Waals surface area contributed by atoms with E-state index in [4.69, 9.17) is 14.3 Å². The van der Waals surface area contributed by atoms with Crippen LogP contribution in [0.1, 0.15) is 37.5 Å². The number of hydrogen-bond acceptors (Lipinski definition) is 7. The van der Waals surface area contributed by atoms with Crippen LogP contribution in [0.4, 0.5) is 11.4 Å².